The van der Waals surface area contributed by atoms with Crippen molar-refractivity contribution < 1.29 is 13.6 Å². The third-order valence-electron chi connectivity index (χ3n) is 3.23. The summed E-state index contributed by atoms with van der Waals surface area (Å²) in [4.78, 5) is 4.30. The Hall–Kier alpha value is -0.960. The lowest BCUT2D eigenvalue weighted by Gasteiger charge is -2.15. The molecule has 4 nitrogen and oxygen atoms in total. The van der Waals surface area contributed by atoms with Crippen LogP contribution in [0.4, 0.5) is 0 Å². The predicted octanol–water partition coefficient (Wildman–Crippen LogP) is 3.97. The minimum absolute atomic E-state index is 0.340. The fourth-order valence-corrected chi connectivity index (χ4v) is 3.99. The normalized spacial score (nSPS) is 17.9. The zero-order valence-corrected chi connectivity index (χ0v) is 13.2. The molecule has 0 saturated heterocycles. The summed E-state index contributed by atoms with van der Waals surface area (Å²) in [5.41, 5.74) is 3.48. The topological polar surface area (TPSA) is 47.9 Å². The van der Waals surface area contributed by atoms with E-state index in [9.17, 15) is 4.57 Å². The van der Waals surface area contributed by atoms with Gasteiger partial charge in [-0.3, -0.25) is 9.56 Å². The monoisotopic (exact) mass is 295 g/mol. The molecular formula is C15H22NO3P. The van der Waals surface area contributed by atoms with Crippen LogP contribution in [-0.4, -0.2) is 24.7 Å². The molecule has 0 radical (unpaired) electrons. The Morgan fingerprint density at radius 3 is 2.25 bits per heavy atom. The van der Waals surface area contributed by atoms with Crippen LogP contribution in [0, 0.1) is 6.92 Å². The Kier molecular flexibility index (Phi) is 5.14. The molecule has 1 aliphatic rings. The molecule has 0 spiro atoms. The molecule has 5 heteroatoms. The van der Waals surface area contributed by atoms with Gasteiger partial charge in [-0.2, -0.15) is 0 Å². The maximum Gasteiger partial charge on any atom is 0.360 e. The lowest BCUT2D eigenvalue weighted by Crippen LogP contribution is -2.07. The van der Waals surface area contributed by atoms with Crippen molar-refractivity contribution in [1.82, 2.24) is 0 Å². The molecule has 20 heavy (non-hydrogen) atoms. The van der Waals surface area contributed by atoms with Crippen LogP contribution in [-0.2, 0) is 20.0 Å². The number of nitrogens with zero attached hydrogens (tertiary/aromatic N) is 1. The van der Waals surface area contributed by atoms with E-state index >= 15 is 0 Å². The highest BCUT2D eigenvalue weighted by atomic mass is 31.2. The Labute approximate surface area is 120 Å². The van der Waals surface area contributed by atoms with E-state index < -0.39 is 7.60 Å². The number of rotatable bonds is 8. The molecule has 0 saturated carbocycles. The van der Waals surface area contributed by atoms with Crippen LogP contribution < -0.4 is 0 Å². The van der Waals surface area contributed by atoms with Crippen molar-refractivity contribution in [1.29, 1.82) is 0 Å². The molecule has 1 aliphatic heterocycles. The lowest BCUT2D eigenvalue weighted by atomic mass is 10.1. The van der Waals surface area contributed by atoms with Crippen LogP contribution in [0.25, 0.3) is 0 Å². The van der Waals surface area contributed by atoms with Crippen LogP contribution in [0.15, 0.2) is 29.3 Å². The summed E-state index contributed by atoms with van der Waals surface area (Å²) < 4.78 is 23.1. The van der Waals surface area contributed by atoms with Gasteiger partial charge >= 0.3 is 7.60 Å². The Bertz CT molecular complexity index is 514. The average molecular weight is 295 g/mol. The van der Waals surface area contributed by atoms with Gasteiger partial charge in [0, 0.05) is 0 Å². The molecule has 1 aromatic carbocycles. The number of hydrogen-bond acceptors (Lipinski definition) is 4. The first kappa shape index (κ1) is 15.4. The van der Waals surface area contributed by atoms with E-state index in [1.54, 1.807) is 0 Å². The number of benzene rings is 1. The zero-order valence-electron chi connectivity index (χ0n) is 12.3. The van der Waals surface area contributed by atoms with Gasteiger partial charge in [0.25, 0.3) is 0 Å². The lowest BCUT2D eigenvalue weighted by molar-refractivity contribution is 0.219. The van der Waals surface area contributed by atoms with Gasteiger partial charge in [0.05, 0.1) is 18.9 Å². The molecule has 2 rings (SSSR count). The SMILES string of the molecule is CCOP(=O)(OCC)C1N=C1CCc1ccc(C)cc1. The van der Waals surface area contributed by atoms with Gasteiger partial charge < -0.3 is 9.05 Å². The molecule has 1 aromatic rings. The molecule has 1 atom stereocenters. The van der Waals surface area contributed by atoms with E-state index in [0.29, 0.717) is 13.2 Å². The molecule has 0 aliphatic carbocycles. The van der Waals surface area contributed by atoms with Crippen LogP contribution in [0.5, 0.6) is 0 Å². The minimum Gasteiger partial charge on any atom is -0.307 e. The van der Waals surface area contributed by atoms with Crippen LogP contribution in [0.3, 0.4) is 0 Å². The number of aliphatic imine (C=N–C) groups is 1. The van der Waals surface area contributed by atoms with E-state index in [1.807, 2.05) is 13.8 Å². The highest BCUT2D eigenvalue weighted by molar-refractivity contribution is 7.56. The maximum absolute atomic E-state index is 12.5. The van der Waals surface area contributed by atoms with Gasteiger partial charge in [-0.15, -0.1) is 0 Å². The molecule has 0 fully saturated rings. The Balaban J connectivity index is 1.86. The second kappa shape index (κ2) is 6.66. The van der Waals surface area contributed by atoms with Crippen LogP contribution in [0.2, 0.25) is 0 Å². The molecule has 1 heterocycles. The third-order valence-corrected chi connectivity index (χ3v) is 5.48. The van der Waals surface area contributed by atoms with Crippen molar-refractivity contribution in [3.63, 3.8) is 0 Å². The Morgan fingerprint density at radius 2 is 1.70 bits per heavy atom. The van der Waals surface area contributed by atoms with Gasteiger partial charge in [-0.1, -0.05) is 29.8 Å². The van der Waals surface area contributed by atoms with E-state index in [0.717, 1.165) is 18.6 Å². The summed E-state index contributed by atoms with van der Waals surface area (Å²) in [5, 5.41) is 0. The van der Waals surface area contributed by atoms with Gasteiger partial charge in [-0.25, -0.2) is 0 Å². The quantitative estimate of drug-likeness (QED) is 0.682. The smallest absolute Gasteiger partial charge is 0.307 e. The molecule has 0 bridgehead atoms. The van der Waals surface area contributed by atoms with Crippen molar-refractivity contribution in [3.8, 4) is 0 Å². The summed E-state index contributed by atoms with van der Waals surface area (Å²) in [5.74, 6) is -0.340. The van der Waals surface area contributed by atoms with Gasteiger partial charge in [-0.05, 0) is 39.2 Å². The third kappa shape index (κ3) is 3.78. The van der Waals surface area contributed by atoms with E-state index in [-0.39, 0.29) is 5.78 Å². The first-order valence-corrected chi connectivity index (χ1v) is 8.71. The van der Waals surface area contributed by atoms with E-state index in [4.69, 9.17) is 9.05 Å². The molecule has 0 amide bonds. The highest BCUT2D eigenvalue weighted by Crippen LogP contribution is 2.58. The second-order valence-electron chi connectivity index (χ2n) is 4.86. The Morgan fingerprint density at radius 1 is 1.10 bits per heavy atom. The van der Waals surface area contributed by atoms with E-state index in [1.165, 1.54) is 11.1 Å². The van der Waals surface area contributed by atoms with E-state index in [2.05, 4.69) is 36.2 Å². The molecule has 0 N–H and O–H groups in total. The van der Waals surface area contributed by atoms with Gasteiger partial charge in [0.15, 0.2) is 5.78 Å². The van der Waals surface area contributed by atoms with Crippen LogP contribution in [0.1, 0.15) is 31.4 Å². The summed E-state index contributed by atoms with van der Waals surface area (Å²) in [6, 6.07) is 8.45. The summed E-state index contributed by atoms with van der Waals surface area (Å²) in [6.07, 6.45) is 1.73. The summed E-state index contributed by atoms with van der Waals surface area (Å²) >= 11 is 0. The number of aryl methyl sites for hydroxylation is 2. The first-order chi connectivity index (χ1) is 9.59. The summed E-state index contributed by atoms with van der Waals surface area (Å²) in [7, 11) is -3.07. The van der Waals surface area contributed by atoms with Crippen molar-refractivity contribution in [2.45, 2.75) is 39.4 Å². The van der Waals surface area contributed by atoms with Crippen LogP contribution >= 0.6 is 7.60 Å². The van der Waals surface area contributed by atoms with Gasteiger partial charge in [0.2, 0.25) is 0 Å². The van der Waals surface area contributed by atoms with Crippen molar-refractivity contribution in [2.24, 2.45) is 4.99 Å². The zero-order chi connectivity index (χ0) is 14.6. The second-order valence-corrected chi connectivity index (χ2v) is 6.94. The average Bonchev–Trinajstić information content (AvgIpc) is 3.19. The van der Waals surface area contributed by atoms with Crippen molar-refractivity contribution in [2.75, 3.05) is 13.2 Å². The van der Waals surface area contributed by atoms with Crippen molar-refractivity contribution >= 4 is 13.3 Å². The molecule has 110 valence electrons. The molecular weight excluding hydrogens is 273 g/mol. The standard InChI is InChI=1S/C15H22NO3P/c1-4-18-20(17,19-5-2)15-14(16-15)11-10-13-8-6-12(3)7-9-13/h6-9,15H,4-5,10-11H2,1-3H3. The summed E-state index contributed by atoms with van der Waals surface area (Å²) in [6.45, 7) is 6.48. The highest BCUT2D eigenvalue weighted by Gasteiger charge is 2.46. The fraction of sp³-hybridized carbons (Fsp3) is 0.533. The maximum atomic E-state index is 12.5. The fourth-order valence-electron chi connectivity index (χ4n) is 2.13. The van der Waals surface area contributed by atoms with Gasteiger partial charge in [0.1, 0.15) is 0 Å². The number of hydrogen-bond donors (Lipinski definition) is 0. The largest absolute Gasteiger partial charge is 0.360 e. The minimum atomic E-state index is -3.07. The molecule has 0 aromatic heterocycles. The predicted molar refractivity (Wildman–Crippen MR) is 81.6 cm³/mol. The molecule has 1 unspecified atom stereocenters. The van der Waals surface area contributed by atoms with Crippen molar-refractivity contribution in [3.05, 3.63) is 35.4 Å². The first-order valence-electron chi connectivity index (χ1n) is 7.10.